The third-order valence-corrected chi connectivity index (χ3v) is 3.56. The quantitative estimate of drug-likeness (QED) is 0.786. The lowest BCUT2D eigenvalue weighted by atomic mass is 10.2. The first-order valence-corrected chi connectivity index (χ1v) is 7.17. The van der Waals surface area contributed by atoms with Crippen molar-refractivity contribution in [1.82, 2.24) is 14.8 Å². The van der Waals surface area contributed by atoms with Crippen LogP contribution in [0.2, 0.25) is 0 Å². The number of benzene rings is 1. The molecule has 0 aliphatic heterocycles. The van der Waals surface area contributed by atoms with E-state index in [1.807, 2.05) is 0 Å². The Bertz CT molecular complexity index is 840. The summed E-state index contributed by atoms with van der Waals surface area (Å²) in [6, 6.07) is 7.84. The van der Waals surface area contributed by atoms with Gasteiger partial charge >= 0.3 is 0 Å². The van der Waals surface area contributed by atoms with Crippen molar-refractivity contribution in [2.24, 2.45) is 7.05 Å². The number of anilines is 1. The highest BCUT2D eigenvalue weighted by atomic mass is 19.1. The maximum atomic E-state index is 13.3. The molecule has 6 nitrogen and oxygen atoms in total. The van der Waals surface area contributed by atoms with Crippen LogP contribution in [0.3, 0.4) is 0 Å². The Hall–Kier alpha value is -2.67. The van der Waals surface area contributed by atoms with Crippen molar-refractivity contribution in [3.05, 3.63) is 48.0 Å². The van der Waals surface area contributed by atoms with Crippen molar-refractivity contribution in [3.63, 3.8) is 0 Å². The number of amides is 1. The molecule has 120 valence electrons. The van der Waals surface area contributed by atoms with E-state index in [-0.39, 0.29) is 11.7 Å². The lowest BCUT2D eigenvalue weighted by Gasteiger charge is -2.19. The molecule has 0 bridgehead atoms. The van der Waals surface area contributed by atoms with Crippen LogP contribution in [0.5, 0.6) is 0 Å². The lowest BCUT2D eigenvalue weighted by molar-refractivity contribution is 0.0971. The Labute approximate surface area is 132 Å². The van der Waals surface area contributed by atoms with Crippen molar-refractivity contribution in [1.29, 1.82) is 0 Å². The number of hydrogen-bond acceptors (Lipinski definition) is 3. The molecule has 3 aromatic rings. The van der Waals surface area contributed by atoms with Gasteiger partial charge in [0.05, 0.1) is 13.2 Å². The van der Waals surface area contributed by atoms with E-state index in [1.54, 1.807) is 43.2 Å². The smallest absolute Gasteiger partial charge is 0.276 e. The number of hydrogen-bond donors (Lipinski definition) is 1. The minimum Gasteiger partial charge on any atom is -0.383 e. The van der Waals surface area contributed by atoms with Crippen LogP contribution in [-0.2, 0) is 11.8 Å². The Morgan fingerprint density at radius 1 is 1.39 bits per heavy atom. The summed E-state index contributed by atoms with van der Waals surface area (Å²) in [6.45, 7) is 0.757. The summed E-state index contributed by atoms with van der Waals surface area (Å²) in [5.41, 5.74) is 0.966. The first kappa shape index (κ1) is 15.2. The topological polar surface area (TPSA) is 63.1 Å². The average Bonchev–Trinajstić information content (AvgIpc) is 3.13. The number of carbonyl (C=O) groups excluding carboxylic acids is 1. The molecule has 2 heterocycles. The number of aromatic nitrogens is 3. The number of aromatic amines is 1. The van der Waals surface area contributed by atoms with E-state index in [0.717, 1.165) is 5.39 Å². The van der Waals surface area contributed by atoms with Gasteiger partial charge in [-0.2, -0.15) is 5.10 Å². The molecular weight excluding hydrogens is 299 g/mol. The molecule has 0 atom stereocenters. The fraction of sp³-hybridized carbons (Fsp3) is 0.250. The fourth-order valence-corrected chi connectivity index (χ4v) is 2.41. The number of methoxy groups -OCH3 is 1. The van der Waals surface area contributed by atoms with Crippen LogP contribution in [0.1, 0.15) is 10.5 Å². The molecule has 0 aliphatic carbocycles. The van der Waals surface area contributed by atoms with Gasteiger partial charge in [-0.3, -0.25) is 14.4 Å². The highest BCUT2D eigenvalue weighted by Gasteiger charge is 2.21. The predicted octanol–water partition coefficient (Wildman–Crippen LogP) is 2.33. The van der Waals surface area contributed by atoms with Gasteiger partial charge in [0, 0.05) is 37.3 Å². The normalized spacial score (nSPS) is 11.1. The number of rotatable bonds is 5. The van der Waals surface area contributed by atoms with Crippen molar-refractivity contribution >= 4 is 22.6 Å². The number of nitrogens with one attached hydrogen (secondary N) is 1. The Morgan fingerprint density at radius 2 is 2.22 bits per heavy atom. The van der Waals surface area contributed by atoms with E-state index >= 15 is 0 Å². The standard InChI is InChI=1S/C16H17FN4O2/c1-20-6-5-15(19-20)21(7-8-23-2)16(22)14-9-11-3-4-12(17)10-13(11)18-14/h3-6,9-10,18H,7-8H2,1-2H3. The van der Waals surface area contributed by atoms with Crippen LogP contribution in [0.4, 0.5) is 10.2 Å². The van der Waals surface area contributed by atoms with Crippen molar-refractivity contribution in [2.45, 2.75) is 0 Å². The summed E-state index contributed by atoms with van der Waals surface area (Å²) in [6.07, 6.45) is 1.77. The van der Waals surface area contributed by atoms with Gasteiger partial charge in [-0.05, 0) is 24.3 Å². The second-order valence-electron chi connectivity index (χ2n) is 5.21. The van der Waals surface area contributed by atoms with E-state index in [2.05, 4.69) is 10.1 Å². The molecule has 1 N–H and O–H groups in total. The van der Waals surface area contributed by atoms with Gasteiger partial charge in [0.15, 0.2) is 5.82 Å². The molecular formula is C16H17FN4O2. The maximum absolute atomic E-state index is 13.3. The van der Waals surface area contributed by atoms with Crippen LogP contribution >= 0.6 is 0 Å². The minimum absolute atomic E-state index is 0.239. The third-order valence-electron chi connectivity index (χ3n) is 3.56. The van der Waals surface area contributed by atoms with E-state index in [1.165, 1.54) is 17.0 Å². The van der Waals surface area contributed by atoms with Crippen LogP contribution in [0.15, 0.2) is 36.5 Å². The van der Waals surface area contributed by atoms with Crippen molar-refractivity contribution in [3.8, 4) is 0 Å². The summed E-state index contributed by atoms with van der Waals surface area (Å²) < 4.78 is 20.0. The number of nitrogens with zero attached hydrogens (tertiary/aromatic N) is 3. The Morgan fingerprint density at radius 3 is 2.91 bits per heavy atom. The molecule has 0 unspecified atom stereocenters. The van der Waals surface area contributed by atoms with Crippen LogP contribution in [0, 0.1) is 5.82 Å². The first-order chi connectivity index (χ1) is 11.1. The molecule has 1 amide bonds. The minimum atomic E-state index is -0.348. The molecule has 23 heavy (non-hydrogen) atoms. The Balaban J connectivity index is 1.95. The number of ether oxygens (including phenoxy) is 1. The van der Waals surface area contributed by atoms with E-state index < -0.39 is 0 Å². The second-order valence-corrected chi connectivity index (χ2v) is 5.21. The molecule has 0 saturated carbocycles. The number of aryl methyl sites for hydroxylation is 1. The fourth-order valence-electron chi connectivity index (χ4n) is 2.41. The monoisotopic (exact) mass is 316 g/mol. The summed E-state index contributed by atoms with van der Waals surface area (Å²) >= 11 is 0. The first-order valence-electron chi connectivity index (χ1n) is 7.17. The van der Waals surface area contributed by atoms with Gasteiger partial charge < -0.3 is 9.72 Å². The van der Waals surface area contributed by atoms with Crippen molar-refractivity contribution < 1.29 is 13.9 Å². The maximum Gasteiger partial charge on any atom is 0.276 e. The molecule has 0 fully saturated rings. The summed E-state index contributed by atoms with van der Waals surface area (Å²) in [7, 11) is 3.36. The number of H-pyrrole nitrogens is 1. The Kier molecular flexibility index (Phi) is 4.12. The van der Waals surface area contributed by atoms with Crippen LogP contribution < -0.4 is 4.90 Å². The largest absolute Gasteiger partial charge is 0.383 e. The average molecular weight is 316 g/mol. The van der Waals surface area contributed by atoms with Crippen LogP contribution in [-0.4, -0.2) is 40.9 Å². The molecule has 0 radical (unpaired) electrons. The highest BCUT2D eigenvalue weighted by molar-refractivity contribution is 6.07. The molecule has 0 aliphatic rings. The van der Waals surface area contributed by atoms with Gasteiger partial charge in [0.2, 0.25) is 0 Å². The van der Waals surface area contributed by atoms with Crippen molar-refractivity contribution in [2.75, 3.05) is 25.2 Å². The van der Waals surface area contributed by atoms with E-state index in [4.69, 9.17) is 4.74 Å². The SMILES string of the molecule is COCCN(C(=O)c1cc2ccc(F)cc2[nH]1)c1ccn(C)n1. The zero-order valence-corrected chi connectivity index (χ0v) is 12.9. The number of halogens is 1. The van der Waals surface area contributed by atoms with Gasteiger partial charge in [-0.15, -0.1) is 0 Å². The van der Waals surface area contributed by atoms with Gasteiger partial charge in [0.25, 0.3) is 5.91 Å². The second kappa shape index (κ2) is 6.21. The van der Waals surface area contributed by atoms with E-state index in [9.17, 15) is 9.18 Å². The summed E-state index contributed by atoms with van der Waals surface area (Å²) in [5.74, 6) is -0.0453. The highest BCUT2D eigenvalue weighted by Crippen LogP contribution is 2.20. The van der Waals surface area contributed by atoms with E-state index in [0.29, 0.717) is 30.2 Å². The molecule has 0 spiro atoms. The molecule has 2 aromatic heterocycles. The lowest BCUT2D eigenvalue weighted by Crippen LogP contribution is -2.34. The van der Waals surface area contributed by atoms with Gasteiger partial charge in [0.1, 0.15) is 11.5 Å². The zero-order chi connectivity index (χ0) is 16.4. The molecule has 1 aromatic carbocycles. The molecule has 7 heteroatoms. The predicted molar refractivity (Wildman–Crippen MR) is 85.0 cm³/mol. The number of carbonyl (C=O) groups is 1. The summed E-state index contributed by atoms with van der Waals surface area (Å²) in [4.78, 5) is 17.3. The van der Waals surface area contributed by atoms with Crippen LogP contribution in [0.25, 0.3) is 10.9 Å². The van der Waals surface area contributed by atoms with Gasteiger partial charge in [-0.1, -0.05) is 0 Å². The molecule has 3 rings (SSSR count). The van der Waals surface area contributed by atoms with Gasteiger partial charge in [-0.25, -0.2) is 4.39 Å². The third kappa shape index (κ3) is 3.09. The molecule has 0 saturated heterocycles. The zero-order valence-electron chi connectivity index (χ0n) is 12.9. The summed E-state index contributed by atoms with van der Waals surface area (Å²) in [5, 5.41) is 5.05. The number of fused-ring (bicyclic) bond motifs is 1.